The van der Waals surface area contributed by atoms with Crippen LogP contribution in [0.3, 0.4) is 0 Å². The zero-order chi connectivity index (χ0) is 25.5. The Kier molecular flexibility index (Phi) is 7.43. The highest BCUT2D eigenvalue weighted by molar-refractivity contribution is 14.1. The second-order valence-corrected chi connectivity index (χ2v) is 13.1. The molecule has 0 N–H and O–H groups in total. The highest BCUT2D eigenvalue weighted by Crippen LogP contribution is 2.38. The van der Waals surface area contributed by atoms with Gasteiger partial charge in [-0.25, -0.2) is 17.2 Å². The fourth-order valence-electron chi connectivity index (χ4n) is 4.35. The molecule has 0 unspecified atom stereocenters. The van der Waals surface area contributed by atoms with Gasteiger partial charge in [-0.15, -0.1) is 0 Å². The Morgan fingerprint density at radius 1 is 1.11 bits per heavy atom. The standard InChI is InChI=1S/C25H29ClIN3O4S/c1-25(2,3)34-24(31)29(18-10-12-28(4)13-11-18)21-14-17(26)15-22-20(21)16-23(27)30(22)35(32,33)19-8-6-5-7-9-19/h5-9,14-16,18H,10-13H2,1-4H3. The third-order valence-electron chi connectivity index (χ3n) is 5.96. The summed E-state index contributed by atoms with van der Waals surface area (Å²) in [7, 11) is -1.83. The maximum atomic E-state index is 13.6. The van der Waals surface area contributed by atoms with Gasteiger partial charge in [-0.05, 0) is 107 Å². The molecule has 1 saturated heterocycles. The second kappa shape index (κ2) is 9.91. The molecule has 3 aromatic rings. The molecule has 7 nitrogen and oxygen atoms in total. The van der Waals surface area contributed by atoms with E-state index in [0.29, 0.717) is 25.3 Å². The number of rotatable bonds is 4. The van der Waals surface area contributed by atoms with Crippen LogP contribution >= 0.6 is 34.2 Å². The van der Waals surface area contributed by atoms with Crippen LogP contribution in [-0.4, -0.2) is 55.2 Å². The molecule has 1 aliphatic heterocycles. The van der Waals surface area contributed by atoms with Crippen molar-refractivity contribution in [2.45, 2.75) is 50.2 Å². The van der Waals surface area contributed by atoms with E-state index in [2.05, 4.69) is 11.9 Å². The minimum Gasteiger partial charge on any atom is -0.443 e. The van der Waals surface area contributed by atoms with Crippen LogP contribution in [0.5, 0.6) is 0 Å². The zero-order valence-electron chi connectivity index (χ0n) is 20.2. The number of amides is 1. The summed E-state index contributed by atoms with van der Waals surface area (Å²) >= 11 is 8.56. The highest BCUT2D eigenvalue weighted by atomic mass is 127. The van der Waals surface area contributed by atoms with E-state index in [4.69, 9.17) is 16.3 Å². The van der Waals surface area contributed by atoms with Gasteiger partial charge in [0.1, 0.15) is 5.60 Å². The van der Waals surface area contributed by atoms with E-state index in [9.17, 15) is 13.2 Å². The molecule has 0 spiro atoms. The topological polar surface area (TPSA) is 71.8 Å². The van der Waals surface area contributed by atoms with E-state index in [1.165, 1.54) is 3.97 Å². The fourth-order valence-corrected chi connectivity index (χ4v) is 7.31. The number of fused-ring (bicyclic) bond motifs is 1. The monoisotopic (exact) mass is 629 g/mol. The average Bonchev–Trinajstić information content (AvgIpc) is 3.11. The third-order valence-corrected chi connectivity index (χ3v) is 9.04. The molecule has 0 aliphatic carbocycles. The SMILES string of the molecule is CN1CCC(N(C(=O)OC(C)(C)C)c2cc(Cl)cc3c2cc(I)n3S(=O)(=O)c2ccccc2)CC1. The molecule has 1 amide bonds. The van der Waals surface area contributed by atoms with E-state index in [-0.39, 0.29) is 10.9 Å². The van der Waals surface area contributed by atoms with Crippen molar-refractivity contribution in [3.8, 4) is 0 Å². The molecule has 0 atom stereocenters. The Hall–Kier alpha value is -1.82. The number of aromatic nitrogens is 1. The number of halogens is 2. The molecule has 2 aromatic carbocycles. The number of likely N-dealkylation sites (tertiary alicyclic amines) is 1. The minimum atomic E-state index is -3.88. The first-order valence-corrected chi connectivity index (χ1v) is 14.3. The lowest BCUT2D eigenvalue weighted by atomic mass is 10.0. The summed E-state index contributed by atoms with van der Waals surface area (Å²) in [6, 6.07) is 13.3. The molecule has 0 radical (unpaired) electrons. The van der Waals surface area contributed by atoms with Crippen LogP contribution in [0.2, 0.25) is 5.02 Å². The number of anilines is 1. The quantitative estimate of drug-likeness (QED) is 0.333. The van der Waals surface area contributed by atoms with Gasteiger partial charge in [0.15, 0.2) is 0 Å². The minimum absolute atomic E-state index is 0.102. The van der Waals surface area contributed by atoms with Gasteiger partial charge in [-0.1, -0.05) is 29.8 Å². The van der Waals surface area contributed by atoms with Crippen molar-refractivity contribution in [2.75, 3.05) is 25.0 Å². The number of piperidine rings is 1. The smallest absolute Gasteiger partial charge is 0.415 e. The van der Waals surface area contributed by atoms with Crippen LogP contribution in [-0.2, 0) is 14.8 Å². The van der Waals surface area contributed by atoms with Gasteiger partial charge < -0.3 is 9.64 Å². The van der Waals surface area contributed by atoms with Crippen LogP contribution in [0, 0.1) is 3.70 Å². The van der Waals surface area contributed by atoms with E-state index in [1.807, 2.05) is 43.4 Å². The van der Waals surface area contributed by atoms with Gasteiger partial charge >= 0.3 is 6.09 Å². The molecule has 0 bridgehead atoms. The molecule has 188 valence electrons. The first-order chi connectivity index (χ1) is 16.4. The van der Waals surface area contributed by atoms with Crippen molar-refractivity contribution >= 4 is 66.9 Å². The molecular weight excluding hydrogens is 601 g/mol. The Morgan fingerprint density at radius 2 is 1.74 bits per heavy atom. The third kappa shape index (κ3) is 5.47. The summed E-state index contributed by atoms with van der Waals surface area (Å²) in [5.74, 6) is 0. The van der Waals surface area contributed by atoms with E-state index >= 15 is 0 Å². The van der Waals surface area contributed by atoms with Gasteiger partial charge in [0, 0.05) is 16.5 Å². The molecule has 2 heterocycles. The average molecular weight is 630 g/mol. The van der Waals surface area contributed by atoms with Gasteiger partial charge in [0.05, 0.1) is 19.8 Å². The lowest BCUT2D eigenvalue weighted by molar-refractivity contribution is 0.0552. The highest BCUT2D eigenvalue weighted by Gasteiger charge is 2.34. The number of hydrogen-bond acceptors (Lipinski definition) is 5. The number of carbonyl (C=O) groups is 1. The summed E-state index contributed by atoms with van der Waals surface area (Å²) in [6.45, 7) is 7.18. The van der Waals surface area contributed by atoms with Crippen LogP contribution in [0.4, 0.5) is 10.5 Å². The van der Waals surface area contributed by atoms with Crippen molar-refractivity contribution in [1.29, 1.82) is 0 Å². The van der Waals surface area contributed by atoms with Gasteiger partial charge in [0.25, 0.3) is 10.0 Å². The molecule has 1 aliphatic rings. The molecule has 0 saturated carbocycles. The van der Waals surface area contributed by atoms with Crippen molar-refractivity contribution < 1.29 is 17.9 Å². The molecule has 35 heavy (non-hydrogen) atoms. The molecule has 1 fully saturated rings. The van der Waals surface area contributed by atoms with Crippen molar-refractivity contribution in [1.82, 2.24) is 8.87 Å². The van der Waals surface area contributed by atoms with Crippen LogP contribution in [0.25, 0.3) is 10.9 Å². The predicted molar refractivity (Wildman–Crippen MR) is 148 cm³/mol. The molecule has 1 aromatic heterocycles. The predicted octanol–water partition coefficient (Wildman–Crippen LogP) is 5.97. The largest absolute Gasteiger partial charge is 0.443 e. The Morgan fingerprint density at radius 3 is 2.34 bits per heavy atom. The van der Waals surface area contributed by atoms with Crippen LogP contribution in [0.15, 0.2) is 53.4 Å². The Bertz CT molecular complexity index is 1340. The van der Waals surface area contributed by atoms with E-state index in [0.717, 1.165) is 25.9 Å². The summed E-state index contributed by atoms with van der Waals surface area (Å²) in [4.78, 5) is 17.6. The number of nitrogens with zero attached hydrogens (tertiary/aromatic N) is 3. The normalized spacial score (nSPS) is 15.9. The van der Waals surface area contributed by atoms with E-state index < -0.39 is 21.7 Å². The maximum Gasteiger partial charge on any atom is 0.415 e. The number of hydrogen-bond donors (Lipinski definition) is 0. The lowest BCUT2D eigenvalue weighted by Crippen LogP contribution is -2.48. The number of benzene rings is 2. The zero-order valence-corrected chi connectivity index (χ0v) is 23.9. The van der Waals surface area contributed by atoms with Crippen molar-refractivity contribution in [3.05, 3.63) is 57.3 Å². The van der Waals surface area contributed by atoms with Crippen molar-refractivity contribution in [3.63, 3.8) is 0 Å². The maximum absolute atomic E-state index is 13.6. The summed E-state index contributed by atoms with van der Waals surface area (Å²) in [5, 5.41) is 0.969. The lowest BCUT2D eigenvalue weighted by Gasteiger charge is -2.38. The van der Waals surface area contributed by atoms with Crippen LogP contribution in [0.1, 0.15) is 33.6 Å². The van der Waals surface area contributed by atoms with Gasteiger partial charge in [0.2, 0.25) is 0 Å². The first-order valence-electron chi connectivity index (χ1n) is 11.4. The molecule has 4 rings (SSSR count). The second-order valence-electron chi connectivity index (χ2n) is 9.79. The van der Waals surface area contributed by atoms with Gasteiger partial charge in [-0.2, -0.15) is 0 Å². The molecular formula is C25H29ClIN3O4S. The summed E-state index contributed by atoms with van der Waals surface area (Å²) in [6.07, 6.45) is 1.07. The Labute approximate surface area is 225 Å². The summed E-state index contributed by atoms with van der Waals surface area (Å²) in [5.41, 5.74) is 0.286. The van der Waals surface area contributed by atoms with E-state index in [1.54, 1.807) is 53.4 Å². The van der Waals surface area contributed by atoms with Crippen LogP contribution < -0.4 is 4.90 Å². The van der Waals surface area contributed by atoms with Gasteiger partial charge in [-0.3, -0.25) is 4.90 Å². The summed E-state index contributed by atoms with van der Waals surface area (Å²) < 4.78 is 34.8. The van der Waals surface area contributed by atoms with Crippen molar-refractivity contribution in [2.24, 2.45) is 0 Å². The Balaban J connectivity index is 1.91. The fraction of sp³-hybridized carbons (Fsp3) is 0.400. The number of carbonyl (C=O) groups excluding carboxylic acids is 1. The first kappa shape index (κ1) is 26.2. The number of ether oxygens (including phenoxy) is 1. The molecule has 10 heteroatoms.